The first-order valence-electron chi connectivity index (χ1n) is 4.57. The van der Waals surface area contributed by atoms with Gasteiger partial charge in [-0.1, -0.05) is 11.6 Å². The maximum absolute atomic E-state index is 11.4. The number of alkyl halides is 1. The largest absolute Gasteiger partial charge is 0.348 e. The molecule has 0 spiro atoms. The molecule has 0 aliphatic carbocycles. The highest BCUT2D eigenvalue weighted by Crippen LogP contribution is 2.28. The van der Waals surface area contributed by atoms with Gasteiger partial charge in [0.05, 0.1) is 16.7 Å². The highest BCUT2D eigenvalue weighted by molar-refractivity contribution is 8.00. The molecule has 0 aliphatic heterocycles. The number of pyridine rings is 1. The third-order valence-electron chi connectivity index (χ3n) is 1.95. The zero-order chi connectivity index (χ0) is 12.1. The van der Waals surface area contributed by atoms with Gasteiger partial charge in [-0.15, -0.1) is 23.4 Å². The number of carbonyl (C=O) groups excluding carboxylic acids is 1. The number of hydrogen-bond donors (Lipinski definition) is 0. The second kappa shape index (κ2) is 6.33. The third-order valence-corrected chi connectivity index (χ3v) is 3.60. The molecule has 0 unspecified atom stereocenters. The van der Waals surface area contributed by atoms with Crippen molar-refractivity contribution in [3.63, 3.8) is 0 Å². The van der Waals surface area contributed by atoms with E-state index in [1.54, 1.807) is 31.4 Å². The van der Waals surface area contributed by atoms with E-state index in [-0.39, 0.29) is 5.91 Å². The van der Waals surface area contributed by atoms with Crippen LogP contribution in [0.15, 0.2) is 17.3 Å². The van der Waals surface area contributed by atoms with Gasteiger partial charge in [0.1, 0.15) is 0 Å². The van der Waals surface area contributed by atoms with Gasteiger partial charge in [-0.25, -0.2) is 0 Å². The lowest BCUT2D eigenvalue weighted by atomic mass is 10.3. The monoisotopic (exact) mass is 278 g/mol. The smallest absolute Gasteiger partial charge is 0.232 e. The summed E-state index contributed by atoms with van der Waals surface area (Å²) >= 11 is 13.1. The second-order valence-electron chi connectivity index (χ2n) is 3.31. The Hall–Kier alpha value is -0.450. The molecule has 6 heteroatoms. The minimum Gasteiger partial charge on any atom is -0.348 e. The van der Waals surface area contributed by atoms with Crippen LogP contribution >= 0.6 is 35.0 Å². The van der Waals surface area contributed by atoms with Crippen molar-refractivity contribution in [1.29, 1.82) is 0 Å². The molecule has 0 saturated heterocycles. The van der Waals surface area contributed by atoms with Gasteiger partial charge >= 0.3 is 0 Å². The van der Waals surface area contributed by atoms with Crippen LogP contribution in [0, 0.1) is 0 Å². The summed E-state index contributed by atoms with van der Waals surface area (Å²) in [7, 11) is 3.45. The molecule has 0 fully saturated rings. The Morgan fingerprint density at radius 1 is 1.50 bits per heavy atom. The van der Waals surface area contributed by atoms with Gasteiger partial charge in [0.2, 0.25) is 5.91 Å². The molecule has 0 radical (unpaired) electrons. The van der Waals surface area contributed by atoms with E-state index < -0.39 is 0 Å². The maximum Gasteiger partial charge on any atom is 0.232 e. The predicted octanol–water partition coefficient (Wildman–Crippen LogP) is 2.65. The number of aromatic nitrogens is 1. The molecule has 3 nitrogen and oxygen atoms in total. The number of carbonyl (C=O) groups is 1. The van der Waals surface area contributed by atoms with E-state index in [0.717, 1.165) is 10.5 Å². The fourth-order valence-electron chi connectivity index (χ4n) is 0.967. The number of nitrogens with zero attached hydrogens (tertiary/aromatic N) is 2. The van der Waals surface area contributed by atoms with E-state index >= 15 is 0 Å². The van der Waals surface area contributed by atoms with Crippen molar-refractivity contribution in [1.82, 2.24) is 9.88 Å². The molecule has 0 N–H and O–H groups in total. The Kier molecular flexibility index (Phi) is 5.38. The molecular weight excluding hydrogens is 267 g/mol. The van der Waals surface area contributed by atoms with Crippen molar-refractivity contribution in [2.24, 2.45) is 0 Å². The van der Waals surface area contributed by atoms with Crippen molar-refractivity contribution < 1.29 is 4.79 Å². The van der Waals surface area contributed by atoms with Crippen LogP contribution in [0.2, 0.25) is 5.02 Å². The van der Waals surface area contributed by atoms with Crippen LogP contribution in [0.5, 0.6) is 0 Å². The van der Waals surface area contributed by atoms with Crippen LogP contribution in [0.1, 0.15) is 5.56 Å². The SMILES string of the molecule is CN(C)C(=O)CSc1cncc(Cl)c1CCl. The summed E-state index contributed by atoms with van der Waals surface area (Å²) in [5.74, 6) is 0.726. The van der Waals surface area contributed by atoms with Crippen molar-refractivity contribution in [2.45, 2.75) is 10.8 Å². The lowest BCUT2D eigenvalue weighted by Gasteiger charge is -2.11. The average Bonchev–Trinajstić information content (AvgIpc) is 2.25. The molecular formula is C10H12Cl2N2OS. The molecule has 0 aromatic carbocycles. The maximum atomic E-state index is 11.4. The van der Waals surface area contributed by atoms with E-state index in [2.05, 4.69) is 4.98 Å². The first kappa shape index (κ1) is 13.6. The first-order chi connectivity index (χ1) is 7.56. The topological polar surface area (TPSA) is 33.2 Å². The van der Waals surface area contributed by atoms with Crippen LogP contribution in [0.3, 0.4) is 0 Å². The summed E-state index contributed by atoms with van der Waals surface area (Å²) < 4.78 is 0. The molecule has 0 saturated carbocycles. The van der Waals surface area contributed by atoms with E-state index in [4.69, 9.17) is 23.2 Å². The summed E-state index contributed by atoms with van der Waals surface area (Å²) in [6.45, 7) is 0. The van der Waals surface area contributed by atoms with Crippen molar-refractivity contribution in [2.75, 3.05) is 19.8 Å². The molecule has 0 bridgehead atoms. The molecule has 16 heavy (non-hydrogen) atoms. The first-order valence-corrected chi connectivity index (χ1v) is 6.47. The molecule has 0 aliphatic rings. The second-order valence-corrected chi connectivity index (χ2v) is 5.00. The number of hydrogen-bond acceptors (Lipinski definition) is 3. The fraction of sp³-hybridized carbons (Fsp3) is 0.400. The predicted molar refractivity (Wildman–Crippen MR) is 68.2 cm³/mol. The van der Waals surface area contributed by atoms with Crippen molar-refractivity contribution >= 4 is 40.9 Å². The minimum atomic E-state index is 0.0468. The lowest BCUT2D eigenvalue weighted by Crippen LogP contribution is -2.23. The summed E-state index contributed by atoms with van der Waals surface area (Å²) in [6, 6.07) is 0. The fourth-order valence-corrected chi connectivity index (χ4v) is 2.71. The number of thioether (sulfide) groups is 1. The van der Waals surface area contributed by atoms with E-state index in [0.29, 0.717) is 16.7 Å². The minimum absolute atomic E-state index is 0.0468. The lowest BCUT2D eigenvalue weighted by molar-refractivity contribution is -0.125. The molecule has 1 rings (SSSR count). The number of halogens is 2. The Balaban J connectivity index is 2.74. The zero-order valence-corrected chi connectivity index (χ0v) is 11.4. The van der Waals surface area contributed by atoms with Crippen LogP contribution in [0.4, 0.5) is 0 Å². The quantitative estimate of drug-likeness (QED) is 0.627. The van der Waals surface area contributed by atoms with Crippen molar-refractivity contribution in [3.05, 3.63) is 23.0 Å². The summed E-state index contributed by atoms with van der Waals surface area (Å²) in [5.41, 5.74) is 0.829. The Labute approximate surface area is 109 Å². The van der Waals surface area contributed by atoms with E-state index in [9.17, 15) is 4.79 Å². The van der Waals surface area contributed by atoms with Crippen LogP contribution in [-0.4, -0.2) is 35.6 Å². The third kappa shape index (κ3) is 3.54. The highest BCUT2D eigenvalue weighted by atomic mass is 35.5. The Bertz CT molecular complexity index is 385. The molecule has 1 aromatic rings. The van der Waals surface area contributed by atoms with E-state index in [1.165, 1.54) is 11.8 Å². The molecule has 1 heterocycles. The number of rotatable bonds is 4. The average molecular weight is 279 g/mol. The van der Waals surface area contributed by atoms with Gasteiger partial charge in [-0.05, 0) is 0 Å². The number of amides is 1. The van der Waals surface area contributed by atoms with Gasteiger partial charge < -0.3 is 4.90 Å². The van der Waals surface area contributed by atoms with Crippen molar-refractivity contribution in [3.8, 4) is 0 Å². The zero-order valence-electron chi connectivity index (χ0n) is 9.04. The van der Waals surface area contributed by atoms with Crippen LogP contribution in [0.25, 0.3) is 0 Å². The van der Waals surface area contributed by atoms with Crippen LogP contribution < -0.4 is 0 Å². The van der Waals surface area contributed by atoms with E-state index in [1.807, 2.05) is 0 Å². The molecule has 88 valence electrons. The van der Waals surface area contributed by atoms with Crippen LogP contribution in [-0.2, 0) is 10.7 Å². The van der Waals surface area contributed by atoms with Gasteiger partial charge in [0.25, 0.3) is 0 Å². The summed E-state index contributed by atoms with van der Waals surface area (Å²) in [4.78, 5) is 17.8. The van der Waals surface area contributed by atoms with Gasteiger partial charge in [-0.2, -0.15) is 0 Å². The molecule has 1 aromatic heterocycles. The normalized spacial score (nSPS) is 10.2. The summed E-state index contributed by atoms with van der Waals surface area (Å²) in [6.07, 6.45) is 3.23. The Morgan fingerprint density at radius 3 is 2.75 bits per heavy atom. The molecule has 0 atom stereocenters. The summed E-state index contributed by atoms with van der Waals surface area (Å²) in [5, 5.41) is 0.539. The van der Waals surface area contributed by atoms with Gasteiger partial charge in [0, 0.05) is 36.9 Å². The van der Waals surface area contributed by atoms with Gasteiger partial charge in [-0.3, -0.25) is 9.78 Å². The highest BCUT2D eigenvalue weighted by Gasteiger charge is 2.10. The standard InChI is InChI=1S/C10H12Cl2N2OS/c1-14(2)10(15)6-16-9-5-13-4-8(12)7(9)3-11/h4-5H,3,6H2,1-2H3. The Morgan fingerprint density at radius 2 is 2.19 bits per heavy atom. The molecule has 1 amide bonds. The van der Waals surface area contributed by atoms with Gasteiger partial charge in [0.15, 0.2) is 0 Å².